The lowest BCUT2D eigenvalue weighted by molar-refractivity contribution is 0.157. The van der Waals surface area contributed by atoms with E-state index in [-0.39, 0.29) is 12.1 Å². The van der Waals surface area contributed by atoms with Gasteiger partial charge < -0.3 is 14.1 Å². The molecule has 0 radical (unpaired) electrons. The Morgan fingerprint density at radius 2 is 2.32 bits per heavy atom. The van der Waals surface area contributed by atoms with E-state index in [2.05, 4.69) is 5.32 Å². The van der Waals surface area contributed by atoms with Gasteiger partial charge in [-0.2, -0.15) is 0 Å². The number of furan rings is 1. The maximum atomic E-state index is 12.5. The molecule has 0 aromatic carbocycles. The van der Waals surface area contributed by atoms with E-state index in [1.54, 1.807) is 18.4 Å². The number of hydrogen-bond donors (Lipinski definition) is 1. The number of urea groups is 1. The summed E-state index contributed by atoms with van der Waals surface area (Å²) < 4.78 is 10.9. The second-order valence-electron chi connectivity index (χ2n) is 5.43. The standard InChI is InChI=1S/C16H20N2O3S/c1-11-5-8-15(22-11)17-16(19)18-9-3-4-13(18)14-7-6-12(21-14)10-20-2/h5-8,13H,3-4,9-10H2,1-2H3,(H,17,19). The van der Waals surface area contributed by atoms with E-state index < -0.39 is 0 Å². The Morgan fingerprint density at radius 3 is 3.05 bits per heavy atom. The molecule has 1 N–H and O–H groups in total. The number of anilines is 1. The molecule has 1 aliphatic rings. The minimum atomic E-state index is -0.0611. The molecule has 2 aromatic rings. The van der Waals surface area contributed by atoms with Crippen molar-refractivity contribution in [3.63, 3.8) is 0 Å². The summed E-state index contributed by atoms with van der Waals surface area (Å²) in [5.74, 6) is 1.63. The van der Waals surface area contributed by atoms with Crippen molar-refractivity contribution < 1.29 is 13.9 Å². The Morgan fingerprint density at radius 1 is 1.45 bits per heavy atom. The number of aryl methyl sites for hydroxylation is 1. The summed E-state index contributed by atoms with van der Waals surface area (Å²) in [7, 11) is 1.64. The van der Waals surface area contributed by atoms with Crippen LogP contribution in [-0.2, 0) is 11.3 Å². The summed E-state index contributed by atoms with van der Waals surface area (Å²) in [6.07, 6.45) is 1.92. The second kappa shape index (κ2) is 6.54. The number of carbonyl (C=O) groups excluding carboxylic acids is 1. The topological polar surface area (TPSA) is 54.7 Å². The molecule has 1 fully saturated rings. The molecule has 3 rings (SSSR count). The fourth-order valence-electron chi connectivity index (χ4n) is 2.78. The van der Waals surface area contributed by atoms with Crippen molar-refractivity contribution >= 4 is 22.4 Å². The Balaban J connectivity index is 1.70. The van der Waals surface area contributed by atoms with Gasteiger partial charge in [-0.1, -0.05) is 0 Å². The number of thiophene rings is 1. The molecule has 2 amide bonds. The minimum absolute atomic E-state index is 0.00617. The van der Waals surface area contributed by atoms with Gasteiger partial charge in [0.2, 0.25) is 0 Å². The van der Waals surface area contributed by atoms with Gasteiger partial charge in [0.05, 0.1) is 11.0 Å². The molecule has 0 saturated carbocycles. The van der Waals surface area contributed by atoms with Crippen molar-refractivity contribution in [3.8, 4) is 0 Å². The van der Waals surface area contributed by atoms with Gasteiger partial charge in [-0.25, -0.2) is 4.79 Å². The fraction of sp³-hybridized carbons (Fsp3) is 0.438. The van der Waals surface area contributed by atoms with E-state index >= 15 is 0 Å². The summed E-state index contributed by atoms with van der Waals surface area (Å²) in [4.78, 5) is 15.5. The average molecular weight is 320 g/mol. The maximum absolute atomic E-state index is 12.5. The Hall–Kier alpha value is -1.79. The molecule has 1 saturated heterocycles. The van der Waals surface area contributed by atoms with Crippen molar-refractivity contribution in [2.45, 2.75) is 32.4 Å². The van der Waals surface area contributed by atoms with Gasteiger partial charge >= 0.3 is 6.03 Å². The lowest BCUT2D eigenvalue weighted by atomic mass is 10.2. The third-order valence-electron chi connectivity index (χ3n) is 3.78. The predicted octanol–water partition coefficient (Wildman–Crippen LogP) is 4.16. The van der Waals surface area contributed by atoms with Gasteiger partial charge in [0, 0.05) is 18.5 Å². The summed E-state index contributed by atoms with van der Waals surface area (Å²) >= 11 is 1.58. The zero-order chi connectivity index (χ0) is 15.5. The van der Waals surface area contributed by atoms with Crippen LogP contribution in [0.5, 0.6) is 0 Å². The van der Waals surface area contributed by atoms with Crippen LogP contribution in [0.25, 0.3) is 0 Å². The Labute approximate surface area is 133 Å². The highest BCUT2D eigenvalue weighted by molar-refractivity contribution is 7.16. The van der Waals surface area contributed by atoms with Gasteiger partial charge in [-0.05, 0) is 44.0 Å². The van der Waals surface area contributed by atoms with Crippen LogP contribution in [0.4, 0.5) is 9.80 Å². The van der Waals surface area contributed by atoms with Gasteiger partial charge in [0.15, 0.2) is 0 Å². The molecule has 118 valence electrons. The van der Waals surface area contributed by atoms with E-state index in [9.17, 15) is 4.79 Å². The number of carbonyl (C=O) groups is 1. The highest BCUT2D eigenvalue weighted by Gasteiger charge is 2.32. The predicted molar refractivity (Wildman–Crippen MR) is 86.2 cm³/mol. The molecule has 1 atom stereocenters. The molecule has 2 aromatic heterocycles. The van der Waals surface area contributed by atoms with Crippen LogP contribution >= 0.6 is 11.3 Å². The molecule has 1 aliphatic heterocycles. The first-order chi connectivity index (χ1) is 10.7. The lowest BCUT2D eigenvalue weighted by Gasteiger charge is -2.23. The summed E-state index contributed by atoms with van der Waals surface area (Å²) in [5.41, 5.74) is 0. The Bertz CT molecular complexity index is 649. The van der Waals surface area contributed by atoms with Crippen LogP contribution in [0.1, 0.15) is 35.3 Å². The van der Waals surface area contributed by atoms with Gasteiger partial charge in [-0.3, -0.25) is 5.32 Å². The number of ether oxygens (including phenoxy) is 1. The molecule has 3 heterocycles. The molecule has 22 heavy (non-hydrogen) atoms. The summed E-state index contributed by atoms with van der Waals surface area (Å²) in [5, 5.41) is 3.86. The van der Waals surface area contributed by atoms with E-state index in [1.807, 2.05) is 36.1 Å². The van der Waals surface area contributed by atoms with Crippen LogP contribution in [0, 0.1) is 6.92 Å². The van der Waals surface area contributed by atoms with Crippen molar-refractivity contribution in [2.75, 3.05) is 19.0 Å². The number of nitrogens with one attached hydrogen (secondary N) is 1. The molecular formula is C16H20N2O3S. The minimum Gasteiger partial charge on any atom is -0.461 e. The maximum Gasteiger partial charge on any atom is 0.323 e. The highest BCUT2D eigenvalue weighted by atomic mass is 32.1. The summed E-state index contributed by atoms with van der Waals surface area (Å²) in [6, 6.07) is 7.74. The molecular weight excluding hydrogens is 300 g/mol. The summed E-state index contributed by atoms with van der Waals surface area (Å²) in [6.45, 7) is 3.23. The van der Waals surface area contributed by atoms with Crippen LogP contribution in [0.3, 0.4) is 0 Å². The zero-order valence-electron chi connectivity index (χ0n) is 12.8. The average Bonchev–Trinajstić information content (AvgIpc) is 3.19. The normalized spacial score (nSPS) is 17.9. The smallest absolute Gasteiger partial charge is 0.323 e. The van der Waals surface area contributed by atoms with E-state index in [0.29, 0.717) is 6.61 Å². The monoisotopic (exact) mass is 320 g/mol. The highest BCUT2D eigenvalue weighted by Crippen LogP contribution is 2.34. The number of rotatable bonds is 4. The lowest BCUT2D eigenvalue weighted by Crippen LogP contribution is -2.34. The van der Waals surface area contributed by atoms with Crippen molar-refractivity contribution in [1.29, 1.82) is 0 Å². The van der Waals surface area contributed by atoms with E-state index in [4.69, 9.17) is 9.15 Å². The largest absolute Gasteiger partial charge is 0.461 e. The van der Waals surface area contributed by atoms with Crippen LogP contribution in [0.15, 0.2) is 28.7 Å². The van der Waals surface area contributed by atoms with Gasteiger partial charge in [0.25, 0.3) is 0 Å². The number of methoxy groups -OCH3 is 1. The first-order valence-electron chi connectivity index (χ1n) is 7.39. The SMILES string of the molecule is COCc1ccc(C2CCCN2C(=O)Nc2ccc(C)s2)o1. The number of hydrogen-bond acceptors (Lipinski definition) is 4. The number of amides is 2. The van der Waals surface area contributed by atoms with Crippen LogP contribution in [-0.4, -0.2) is 24.6 Å². The van der Waals surface area contributed by atoms with Crippen molar-refractivity contribution in [2.24, 2.45) is 0 Å². The first kappa shape index (κ1) is 15.1. The zero-order valence-corrected chi connectivity index (χ0v) is 13.6. The molecule has 0 aliphatic carbocycles. The van der Waals surface area contributed by atoms with Crippen molar-refractivity contribution in [1.82, 2.24) is 4.90 Å². The molecule has 1 unspecified atom stereocenters. The van der Waals surface area contributed by atoms with Gasteiger partial charge in [-0.15, -0.1) is 11.3 Å². The quantitative estimate of drug-likeness (QED) is 0.920. The number of nitrogens with zero attached hydrogens (tertiary/aromatic N) is 1. The third kappa shape index (κ3) is 3.18. The van der Waals surface area contributed by atoms with E-state index in [0.717, 1.165) is 35.9 Å². The van der Waals surface area contributed by atoms with E-state index in [1.165, 1.54) is 4.88 Å². The first-order valence-corrected chi connectivity index (χ1v) is 8.20. The molecule has 0 spiro atoms. The van der Waals surface area contributed by atoms with Crippen molar-refractivity contribution in [3.05, 3.63) is 40.7 Å². The molecule has 0 bridgehead atoms. The fourth-order valence-corrected chi connectivity index (χ4v) is 3.54. The van der Waals surface area contributed by atoms with Crippen LogP contribution in [0.2, 0.25) is 0 Å². The second-order valence-corrected chi connectivity index (χ2v) is 6.72. The molecule has 5 nitrogen and oxygen atoms in total. The third-order valence-corrected chi connectivity index (χ3v) is 4.70. The molecule has 6 heteroatoms. The van der Waals surface area contributed by atoms with Crippen LogP contribution < -0.4 is 5.32 Å². The number of likely N-dealkylation sites (tertiary alicyclic amines) is 1. The Kier molecular flexibility index (Phi) is 4.49. The van der Waals surface area contributed by atoms with Gasteiger partial charge in [0.1, 0.15) is 18.1 Å².